The Balaban J connectivity index is 4.00. The Hall–Kier alpha value is -0.450. The summed E-state index contributed by atoms with van der Waals surface area (Å²) in [4.78, 5) is 19.1. The Morgan fingerprint density at radius 1 is 1.50 bits per heavy atom. The van der Waals surface area contributed by atoms with Crippen LogP contribution in [0.2, 0.25) is 0 Å². The minimum absolute atomic E-state index is 0.238. The van der Waals surface area contributed by atoms with E-state index in [4.69, 9.17) is 4.89 Å². The molecule has 0 saturated carbocycles. The molecule has 7 heteroatoms. The minimum Gasteiger partial charge on any atom is -0.290 e. The Bertz CT molecular complexity index is 256. The summed E-state index contributed by atoms with van der Waals surface area (Å²) in [5.74, 6) is -4.62. The van der Waals surface area contributed by atoms with Crippen LogP contribution in [-0.4, -0.2) is 23.2 Å². The zero-order valence-corrected chi connectivity index (χ0v) is 10.2. The van der Waals surface area contributed by atoms with Crippen LogP contribution in [0, 0.1) is 5.92 Å². The number of carbonyl (C=O) groups is 1. The average Bonchev–Trinajstić information content (AvgIpc) is 2.12. The van der Waals surface area contributed by atoms with Crippen molar-refractivity contribution in [1.29, 1.82) is 0 Å². The predicted octanol–water partition coefficient (Wildman–Crippen LogP) is 2.68. The Labute approximate surface area is 93.9 Å². The molecule has 0 aliphatic carbocycles. The maximum atomic E-state index is 13.1. The molecule has 16 heavy (non-hydrogen) atoms. The molecule has 1 N–H and O–H groups in total. The number of Topliss-reactive ketones (excluding diaryl/α,β-unsaturated/α-hetero) is 1. The van der Waals surface area contributed by atoms with Crippen molar-refractivity contribution in [3.05, 3.63) is 0 Å². The molecule has 0 rings (SSSR count). The lowest BCUT2D eigenvalue weighted by Gasteiger charge is -2.13. The Kier molecular flexibility index (Phi) is 6.79. The molecule has 0 heterocycles. The van der Waals surface area contributed by atoms with E-state index in [2.05, 4.69) is 4.52 Å². The predicted molar refractivity (Wildman–Crippen MR) is 54.4 cm³/mol. The first-order valence-electron chi connectivity index (χ1n) is 4.96. The molecule has 0 aliphatic rings. The molecule has 4 nitrogen and oxygen atoms in total. The molecule has 0 amide bonds. The first-order valence-corrected chi connectivity index (χ1v) is 6.09. The number of rotatable bonds is 8. The van der Waals surface area contributed by atoms with E-state index in [0.29, 0.717) is 12.3 Å². The highest BCUT2D eigenvalue weighted by Crippen LogP contribution is 2.25. The third-order valence-electron chi connectivity index (χ3n) is 1.99. The third-order valence-corrected chi connectivity index (χ3v) is 2.34. The number of ketones is 1. The van der Waals surface area contributed by atoms with Gasteiger partial charge in [0, 0.05) is 11.0 Å². The quantitative estimate of drug-likeness (QED) is 0.679. The molecular formula is C9H16F2O4P+. The monoisotopic (exact) mass is 257 g/mol. The van der Waals surface area contributed by atoms with Gasteiger partial charge in [0.1, 0.15) is 0 Å². The molecule has 0 aromatic carbocycles. The molecule has 1 unspecified atom stereocenters. The van der Waals surface area contributed by atoms with E-state index < -0.39 is 33.0 Å². The summed E-state index contributed by atoms with van der Waals surface area (Å²) >= 11 is 0. The van der Waals surface area contributed by atoms with Crippen LogP contribution >= 0.6 is 8.25 Å². The van der Waals surface area contributed by atoms with Gasteiger partial charge in [-0.15, -0.1) is 9.42 Å². The number of halogens is 2. The summed E-state index contributed by atoms with van der Waals surface area (Å²) in [5.41, 5.74) is 0. The van der Waals surface area contributed by atoms with Crippen molar-refractivity contribution in [2.24, 2.45) is 5.92 Å². The summed E-state index contributed by atoms with van der Waals surface area (Å²) in [6, 6.07) is 0. The van der Waals surface area contributed by atoms with Gasteiger partial charge in [0.15, 0.2) is 6.61 Å². The largest absolute Gasteiger partial charge is 0.695 e. The van der Waals surface area contributed by atoms with Crippen LogP contribution in [0.5, 0.6) is 0 Å². The fourth-order valence-electron chi connectivity index (χ4n) is 1.09. The van der Waals surface area contributed by atoms with Crippen molar-refractivity contribution < 1.29 is 27.6 Å². The molecule has 0 bridgehead atoms. The van der Waals surface area contributed by atoms with Gasteiger partial charge in [-0.2, -0.15) is 8.78 Å². The zero-order valence-electron chi connectivity index (χ0n) is 9.28. The van der Waals surface area contributed by atoms with E-state index in [1.807, 2.05) is 13.8 Å². The maximum absolute atomic E-state index is 13.1. The molecule has 0 fully saturated rings. The zero-order chi connectivity index (χ0) is 12.8. The second-order valence-electron chi connectivity index (χ2n) is 3.92. The first kappa shape index (κ1) is 15.6. The fraction of sp³-hybridized carbons (Fsp3) is 0.889. The van der Waals surface area contributed by atoms with E-state index in [-0.39, 0.29) is 6.42 Å². The number of carbonyl (C=O) groups excluding carboxylic acids is 1. The van der Waals surface area contributed by atoms with Crippen molar-refractivity contribution in [3.8, 4) is 0 Å². The van der Waals surface area contributed by atoms with Crippen molar-refractivity contribution in [2.45, 2.75) is 39.0 Å². The second kappa shape index (κ2) is 6.99. The van der Waals surface area contributed by atoms with E-state index >= 15 is 0 Å². The summed E-state index contributed by atoms with van der Waals surface area (Å²) in [7, 11) is -3.01. The van der Waals surface area contributed by atoms with E-state index in [1.165, 1.54) is 0 Å². The molecule has 94 valence electrons. The van der Waals surface area contributed by atoms with Crippen LogP contribution in [0.3, 0.4) is 0 Å². The van der Waals surface area contributed by atoms with Gasteiger partial charge in [-0.3, -0.25) is 4.79 Å². The summed E-state index contributed by atoms with van der Waals surface area (Å²) < 4.78 is 40.2. The van der Waals surface area contributed by atoms with E-state index in [0.717, 1.165) is 0 Å². The molecule has 0 aliphatic heterocycles. The summed E-state index contributed by atoms with van der Waals surface area (Å²) in [6.07, 6.45) is 0.301. The smallest absolute Gasteiger partial charge is 0.290 e. The van der Waals surface area contributed by atoms with Gasteiger partial charge < -0.3 is 0 Å². The molecule has 0 saturated heterocycles. The van der Waals surface area contributed by atoms with Crippen molar-refractivity contribution in [2.75, 3.05) is 6.61 Å². The highest BCUT2D eigenvalue weighted by Gasteiger charge is 2.39. The fourth-order valence-corrected chi connectivity index (χ4v) is 1.32. The summed E-state index contributed by atoms with van der Waals surface area (Å²) in [5, 5.41) is 0. The highest BCUT2D eigenvalue weighted by atomic mass is 31.1. The van der Waals surface area contributed by atoms with Crippen LogP contribution in [0.4, 0.5) is 8.78 Å². The Morgan fingerprint density at radius 3 is 2.50 bits per heavy atom. The van der Waals surface area contributed by atoms with E-state index in [9.17, 15) is 18.1 Å². The van der Waals surface area contributed by atoms with Gasteiger partial charge in [-0.25, -0.2) is 0 Å². The molecule has 0 spiro atoms. The van der Waals surface area contributed by atoms with Crippen molar-refractivity contribution >= 4 is 14.0 Å². The molecule has 0 radical (unpaired) electrons. The maximum Gasteiger partial charge on any atom is 0.695 e. The van der Waals surface area contributed by atoms with Crippen molar-refractivity contribution in [3.63, 3.8) is 0 Å². The standard InChI is InChI=1S/C9H15F2O4P/c1-7(2)4-3-5-9(10,11)8(12)6-15-16(13)14/h7H,3-6H2,1-2H3/p+1. The normalized spacial score (nSPS) is 13.0. The molecule has 0 aromatic heterocycles. The molecule has 1 atom stereocenters. The third kappa shape index (κ3) is 6.93. The van der Waals surface area contributed by atoms with E-state index in [1.54, 1.807) is 0 Å². The number of hydrogen-bond acceptors (Lipinski definition) is 3. The van der Waals surface area contributed by atoms with Gasteiger partial charge in [0.05, 0.1) is 0 Å². The van der Waals surface area contributed by atoms with Gasteiger partial charge in [-0.1, -0.05) is 20.3 Å². The summed E-state index contributed by atoms with van der Waals surface area (Å²) in [6.45, 7) is 2.78. The van der Waals surface area contributed by atoms with Crippen LogP contribution < -0.4 is 0 Å². The van der Waals surface area contributed by atoms with Crippen molar-refractivity contribution in [1.82, 2.24) is 0 Å². The SMILES string of the molecule is CC(C)CCCC(F)(F)C(=O)CO[P+](=O)O. The average molecular weight is 257 g/mol. The number of hydrogen-bond donors (Lipinski definition) is 1. The van der Waals surface area contributed by atoms with Gasteiger partial charge in [0.2, 0.25) is 5.78 Å². The van der Waals surface area contributed by atoms with Gasteiger partial charge >= 0.3 is 14.2 Å². The van der Waals surface area contributed by atoms with Gasteiger partial charge in [-0.05, 0) is 12.3 Å². The van der Waals surface area contributed by atoms with Crippen LogP contribution in [0.25, 0.3) is 0 Å². The Morgan fingerprint density at radius 2 is 2.06 bits per heavy atom. The lowest BCUT2D eigenvalue weighted by molar-refractivity contribution is -0.146. The van der Waals surface area contributed by atoms with Crippen LogP contribution in [-0.2, 0) is 13.9 Å². The molecule has 0 aromatic rings. The lowest BCUT2D eigenvalue weighted by Crippen LogP contribution is -2.31. The minimum atomic E-state index is -3.47. The van der Waals surface area contributed by atoms with Crippen LogP contribution in [0.15, 0.2) is 0 Å². The first-order chi connectivity index (χ1) is 7.25. The molecular weight excluding hydrogens is 241 g/mol. The topological polar surface area (TPSA) is 63.6 Å². The van der Waals surface area contributed by atoms with Crippen LogP contribution in [0.1, 0.15) is 33.1 Å². The number of alkyl halides is 2. The van der Waals surface area contributed by atoms with Gasteiger partial charge in [0.25, 0.3) is 0 Å². The highest BCUT2D eigenvalue weighted by molar-refractivity contribution is 7.32. The second-order valence-corrected chi connectivity index (χ2v) is 4.66. The lowest BCUT2D eigenvalue weighted by atomic mass is 10.0.